The van der Waals surface area contributed by atoms with Crippen molar-refractivity contribution in [2.24, 2.45) is 0 Å². The Morgan fingerprint density at radius 1 is 1.08 bits per heavy atom. The van der Waals surface area contributed by atoms with Gasteiger partial charge < -0.3 is 14.8 Å². The molecular weight excluding hydrogens is 358 g/mol. The minimum atomic E-state index is -0.658. The Morgan fingerprint density at radius 2 is 1.85 bits per heavy atom. The summed E-state index contributed by atoms with van der Waals surface area (Å²) < 4.78 is 10.1. The Bertz CT molecular complexity index is 761. The maximum absolute atomic E-state index is 11.7. The predicted molar refractivity (Wildman–Crippen MR) is 96.4 cm³/mol. The number of nitrogens with one attached hydrogen (secondary N) is 1. The summed E-state index contributed by atoms with van der Waals surface area (Å²) in [5, 5.41) is 3.30. The second kappa shape index (κ2) is 10.2. The highest BCUT2D eigenvalue weighted by molar-refractivity contribution is 6.30. The fraction of sp³-hybridized carbons (Fsp3) is 0.211. The van der Waals surface area contributed by atoms with Gasteiger partial charge in [-0.2, -0.15) is 0 Å². The van der Waals surface area contributed by atoms with Crippen molar-refractivity contribution in [2.45, 2.75) is 6.42 Å². The normalized spacial score (nSPS) is 10.0. The van der Waals surface area contributed by atoms with Gasteiger partial charge in [-0.3, -0.25) is 9.59 Å². The number of hydrogen-bond acceptors (Lipinski definition) is 5. The fourth-order valence-corrected chi connectivity index (χ4v) is 2.28. The van der Waals surface area contributed by atoms with Gasteiger partial charge in [0.15, 0.2) is 13.2 Å². The summed E-state index contributed by atoms with van der Waals surface area (Å²) in [6.45, 7) is -0.283. The van der Waals surface area contributed by atoms with Crippen LogP contribution in [0.25, 0.3) is 0 Å². The molecule has 0 unspecified atom stereocenters. The second-order valence-corrected chi connectivity index (χ2v) is 5.80. The number of carbonyl (C=O) groups is 3. The molecule has 6 nitrogen and oxygen atoms in total. The maximum atomic E-state index is 11.7. The lowest BCUT2D eigenvalue weighted by molar-refractivity contribution is -0.150. The standard InChI is InChI=1S/C19H18ClNO5/c20-16-3-1-2-14(10-16)8-9-21-18(23)12-26-19(24)13-25-17-6-4-15(11-22)5-7-17/h1-7,10-11H,8-9,12-13H2,(H,21,23). The number of esters is 1. The van der Waals surface area contributed by atoms with Gasteiger partial charge in [-0.05, 0) is 48.4 Å². The van der Waals surface area contributed by atoms with Crippen molar-refractivity contribution in [3.63, 3.8) is 0 Å². The van der Waals surface area contributed by atoms with Crippen LogP contribution in [0, 0.1) is 0 Å². The quantitative estimate of drug-likeness (QED) is 0.537. The smallest absolute Gasteiger partial charge is 0.344 e. The molecule has 0 aliphatic rings. The van der Waals surface area contributed by atoms with Crippen LogP contribution in [0.5, 0.6) is 5.75 Å². The van der Waals surface area contributed by atoms with Gasteiger partial charge in [0.2, 0.25) is 0 Å². The largest absolute Gasteiger partial charge is 0.482 e. The SMILES string of the molecule is O=Cc1ccc(OCC(=O)OCC(=O)NCCc2cccc(Cl)c2)cc1. The monoisotopic (exact) mass is 375 g/mol. The van der Waals surface area contributed by atoms with E-state index < -0.39 is 11.9 Å². The maximum Gasteiger partial charge on any atom is 0.344 e. The molecule has 26 heavy (non-hydrogen) atoms. The highest BCUT2D eigenvalue weighted by Gasteiger charge is 2.08. The molecule has 0 spiro atoms. The van der Waals surface area contributed by atoms with Crippen LogP contribution >= 0.6 is 11.6 Å². The van der Waals surface area contributed by atoms with E-state index in [-0.39, 0.29) is 13.2 Å². The first-order valence-electron chi connectivity index (χ1n) is 7.91. The minimum Gasteiger partial charge on any atom is -0.482 e. The van der Waals surface area contributed by atoms with Crippen LogP contribution < -0.4 is 10.1 Å². The summed E-state index contributed by atoms with van der Waals surface area (Å²) in [4.78, 5) is 33.8. The number of ether oxygens (including phenoxy) is 2. The first-order valence-corrected chi connectivity index (χ1v) is 8.29. The summed E-state index contributed by atoms with van der Waals surface area (Å²) in [6.07, 6.45) is 1.34. The van der Waals surface area contributed by atoms with Crippen molar-refractivity contribution in [2.75, 3.05) is 19.8 Å². The third-order valence-corrected chi connectivity index (χ3v) is 3.60. The average molecular weight is 376 g/mol. The highest BCUT2D eigenvalue weighted by atomic mass is 35.5. The highest BCUT2D eigenvalue weighted by Crippen LogP contribution is 2.11. The first-order chi connectivity index (χ1) is 12.6. The van der Waals surface area contributed by atoms with Crippen molar-refractivity contribution < 1.29 is 23.9 Å². The minimum absolute atomic E-state index is 0.323. The summed E-state index contributed by atoms with van der Waals surface area (Å²) in [5.41, 5.74) is 1.51. The van der Waals surface area contributed by atoms with Gasteiger partial charge in [0, 0.05) is 17.1 Å². The zero-order valence-corrected chi connectivity index (χ0v) is 14.7. The van der Waals surface area contributed by atoms with Crippen LogP contribution in [0.2, 0.25) is 5.02 Å². The molecule has 1 N–H and O–H groups in total. The van der Waals surface area contributed by atoms with Crippen molar-refractivity contribution in [1.29, 1.82) is 0 Å². The molecule has 0 aliphatic carbocycles. The molecule has 0 heterocycles. The molecule has 0 bridgehead atoms. The van der Waals surface area contributed by atoms with Gasteiger partial charge in [0.25, 0.3) is 5.91 Å². The van der Waals surface area contributed by atoms with Crippen LogP contribution in [0.3, 0.4) is 0 Å². The third kappa shape index (κ3) is 6.94. The molecule has 136 valence electrons. The molecule has 0 radical (unpaired) electrons. The molecule has 0 saturated carbocycles. The Balaban J connectivity index is 1.61. The topological polar surface area (TPSA) is 81.7 Å². The Labute approximate surface area is 156 Å². The summed E-state index contributed by atoms with van der Waals surface area (Å²) >= 11 is 5.89. The number of rotatable bonds is 9. The fourth-order valence-electron chi connectivity index (χ4n) is 2.06. The van der Waals surface area contributed by atoms with Gasteiger partial charge in [-0.1, -0.05) is 23.7 Å². The van der Waals surface area contributed by atoms with E-state index in [4.69, 9.17) is 21.1 Å². The van der Waals surface area contributed by atoms with Crippen molar-refractivity contribution in [3.05, 3.63) is 64.7 Å². The Morgan fingerprint density at radius 3 is 2.54 bits per heavy atom. The molecule has 0 saturated heterocycles. The predicted octanol–water partition coefficient (Wildman–Crippen LogP) is 2.43. The lowest BCUT2D eigenvalue weighted by Gasteiger charge is -2.08. The van der Waals surface area contributed by atoms with Gasteiger partial charge >= 0.3 is 5.97 Å². The number of aldehydes is 1. The lowest BCUT2D eigenvalue weighted by Crippen LogP contribution is -2.31. The Hall–Kier alpha value is -2.86. The summed E-state index contributed by atoms with van der Waals surface area (Å²) in [7, 11) is 0. The van der Waals surface area contributed by atoms with Crippen molar-refractivity contribution in [3.8, 4) is 5.75 Å². The number of hydrogen-bond donors (Lipinski definition) is 1. The van der Waals surface area contributed by atoms with E-state index in [9.17, 15) is 14.4 Å². The van der Waals surface area contributed by atoms with E-state index in [1.807, 2.05) is 18.2 Å². The number of carbonyl (C=O) groups excluding carboxylic acids is 3. The van der Waals surface area contributed by atoms with Crippen LogP contribution in [0.15, 0.2) is 48.5 Å². The molecule has 0 atom stereocenters. The van der Waals surface area contributed by atoms with E-state index in [2.05, 4.69) is 5.32 Å². The zero-order valence-electron chi connectivity index (χ0n) is 13.9. The van der Waals surface area contributed by atoms with Crippen LogP contribution in [-0.2, 0) is 20.7 Å². The van der Waals surface area contributed by atoms with Gasteiger partial charge in [0.1, 0.15) is 12.0 Å². The summed E-state index contributed by atoms with van der Waals surface area (Å²) in [6, 6.07) is 13.6. The van der Waals surface area contributed by atoms with E-state index in [1.165, 1.54) is 0 Å². The van der Waals surface area contributed by atoms with Crippen LogP contribution in [0.1, 0.15) is 15.9 Å². The van der Waals surface area contributed by atoms with E-state index >= 15 is 0 Å². The molecule has 0 aliphatic heterocycles. The molecule has 1 amide bonds. The molecule has 0 aromatic heterocycles. The number of benzene rings is 2. The van der Waals surface area contributed by atoms with Gasteiger partial charge in [-0.25, -0.2) is 4.79 Å². The lowest BCUT2D eigenvalue weighted by atomic mass is 10.1. The van der Waals surface area contributed by atoms with Gasteiger partial charge in [-0.15, -0.1) is 0 Å². The van der Waals surface area contributed by atoms with E-state index in [0.29, 0.717) is 35.6 Å². The average Bonchev–Trinajstić information content (AvgIpc) is 2.65. The zero-order chi connectivity index (χ0) is 18.8. The van der Waals surface area contributed by atoms with E-state index in [0.717, 1.165) is 5.56 Å². The Kier molecular flexibility index (Phi) is 7.64. The molecule has 2 rings (SSSR count). The van der Waals surface area contributed by atoms with E-state index in [1.54, 1.807) is 30.3 Å². The van der Waals surface area contributed by atoms with Crippen LogP contribution in [0.4, 0.5) is 0 Å². The van der Waals surface area contributed by atoms with Crippen molar-refractivity contribution >= 4 is 29.8 Å². The van der Waals surface area contributed by atoms with Crippen molar-refractivity contribution in [1.82, 2.24) is 5.32 Å². The molecular formula is C19H18ClNO5. The summed E-state index contributed by atoms with van der Waals surface area (Å²) in [5.74, 6) is -0.622. The number of amides is 1. The number of halogens is 1. The molecule has 7 heteroatoms. The van der Waals surface area contributed by atoms with Gasteiger partial charge in [0.05, 0.1) is 0 Å². The van der Waals surface area contributed by atoms with Crippen LogP contribution in [-0.4, -0.2) is 37.9 Å². The molecule has 2 aromatic rings. The molecule has 0 fully saturated rings. The third-order valence-electron chi connectivity index (χ3n) is 3.36. The molecule has 2 aromatic carbocycles. The second-order valence-electron chi connectivity index (χ2n) is 5.37. The first kappa shape index (κ1) is 19.5.